The molecular weight excluding hydrogens is 302 g/mol. The van der Waals surface area contributed by atoms with E-state index in [1.807, 2.05) is 0 Å². The molecule has 2 heterocycles. The Morgan fingerprint density at radius 2 is 1.95 bits per heavy atom. The minimum absolute atomic E-state index is 0.0480. The van der Waals surface area contributed by atoms with Crippen molar-refractivity contribution in [3.63, 3.8) is 0 Å². The number of hydrogen-bond acceptors (Lipinski definition) is 2. The Morgan fingerprint density at radius 3 is 2.68 bits per heavy atom. The average molecular weight is 313 g/mol. The molecule has 0 unspecified atom stereocenters. The summed E-state index contributed by atoms with van der Waals surface area (Å²) < 4.78 is 51.7. The second kappa shape index (κ2) is 5.11. The van der Waals surface area contributed by atoms with Crippen LogP contribution >= 0.6 is 0 Å². The topological polar surface area (TPSA) is 57.8 Å². The van der Waals surface area contributed by atoms with Crippen LogP contribution in [0.2, 0.25) is 0 Å². The fraction of sp³-hybridized carbons (Fsp3) is 0.286. The molecule has 0 saturated carbocycles. The van der Waals surface area contributed by atoms with Crippen molar-refractivity contribution >= 4 is 5.91 Å². The number of fused-ring (bicyclic) bond motifs is 1. The number of aryl methyl sites for hydroxylation is 1. The van der Waals surface area contributed by atoms with E-state index < -0.39 is 17.6 Å². The van der Waals surface area contributed by atoms with E-state index in [2.05, 4.69) is 15.3 Å². The van der Waals surface area contributed by atoms with Gasteiger partial charge in [-0.25, -0.2) is 9.37 Å². The van der Waals surface area contributed by atoms with Gasteiger partial charge in [-0.05, 0) is 31.0 Å². The highest BCUT2D eigenvalue weighted by Crippen LogP contribution is 2.32. The molecule has 0 bridgehead atoms. The summed E-state index contributed by atoms with van der Waals surface area (Å²) in [6, 6.07) is 2.18. The van der Waals surface area contributed by atoms with Crippen molar-refractivity contribution in [2.24, 2.45) is 0 Å². The van der Waals surface area contributed by atoms with Crippen LogP contribution in [0.3, 0.4) is 0 Å². The maximum absolute atomic E-state index is 13.4. The lowest BCUT2D eigenvalue weighted by Gasteiger charge is -2.08. The van der Waals surface area contributed by atoms with Crippen LogP contribution in [-0.2, 0) is 12.6 Å². The molecule has 3 rings (SSSR count). The first kappa shape index (κ1) is 14.6. The highest BCUT2D eigenvalue weighted by atomic mass is 19.4. The van der Waals surface area contributed by atoms with Gasteiger partial charge < -0.3 is 10.3 Å². The molecule has 1 aromatic carbocycles. The third-order valence-electron chi connectivity index (χ3n) is 3.38. The first-order valence-electron chi connectivity index (χ1n) is 6.60. The molecular formula is C14H11F4N3O. The van der Waals surface area contributed by atoms with E-state index in [1.165, 1.54) is 0 Å². The largest absolute Gasteiger partial charge is 0.416 e. The standard InChI is InChI=1S/C14H11F4N3O/c15-9-5-7(4-8(6-9)14(16,17)18)12-20-10-2-1-3-19-13(22)11(10)21-12/h4-6H,1-3H2,(H,19,22)(H,20,21). The summed E-state index contributed by atoms with van der Waals surface area (Å²) in [6.45, 7) is 0.510. The molecule has 0 fully saturated rings. The second-order valence-corrected chi connectivity index (χ2v) is 5.00. The number of halogens is 4. The average Bonchev–Trinajstić information content (AvgIpc) is 2.79. The van der Waals surface area contributed by atoms with Gasteiger partial charge in [-0.2, -0.15) is 13.2 Å². The molecule has 1 aliphatic heterocycles. The molecule has 1 amide bonds. The molecule has 1 aromatic heterocycles. The van der Waals surface area contributed by atoms with E-state index in [0.29, 0.717) is 31.1 Å². The number of carbonyl (C=O) groups excluding carboxylic acids is 1. The van der Waals surface area contributed by atoms with Gasteiger partial charge in [0.05, 0.1) is 5.56 Å². The van der Waals surface area contributed by atoms with Crippen molar-refractivity contribution in [1.82, 2.24) is 15.3 Å². The number of hydrogen-bond donors (Lipinski definition) is 2. The number of alkyl halides is 3. The monoisotopic (exact) mass is 313 g/mol. The molecule has 0 aliphatic carbocycles. The number of amides is 1. The van der Waals surface area contributed by atoms with E-state index >= 15 is 0 Å². The highest BCUT2D eigenvalue weighted by Gasteiger charge is 2.32. The molecule has 8 heteroatoms. The highest BCUT2D eigenvalue weighted by molar-refractivity contribution is 5.94. The van der Waals surface area contributed by atoms with E-state index in [1.54, 1.807) is 0 Å². The zero-order chi connectivity index (χ0) is 15.9. The van der Waals surface area contributed by atoms with E-state index in [4.69, 9.17) is 0 Å². The molecule has 0 atom stereocenters. The van der Waals surface area contributed by atoms with Gasteiger partial charge in [0.1, 0.15) is 17.3 Å². The Morgan fingerprint density at radius 1 is 1.18 bits per heavy atom. The fourth-order valence-corrected chi connectivity index (χ4v) is 2.36. The summed E-state index contributed by atoms with van der Waals surface area (Å²) in [5.41, 5.74) is -0.458. The number of H-pyrrole nitrogens is 1. The fourth-order valence-electron chi connectivity index (χ4n) is 2.36. The van der Waals surface area contributed by atoms with Crippen LogP contribution in [0, 0.1) is 5.82 Å². The van der Waals surface area contributed by atoms with Crippen molar-refractivity contribution in [2.45, 2.75) is 19.0 Å². The molecule has 116 valence electrons. The van der Waals surface area contributed by atoms with E-state index in [0.717, 1.165) is 12.1 Å². The number of nitrogens with one attached hydrogen (secondary N) is 2. The van der Waals surface area contributed by atoms with Crippen LogP contribution < -0.4 is 5.32 Å². The van der Waals surface area contributed by atoms with Gasteiger partial charge in [-0.3, -0.25) is 4.79 Å². The third-order valence-corrected chi connectivity index (χ3v) is 3.38. The van der Waals surface area contributed by atoms with Crippen LogP contribution in [0.1, 0.15) is 28.2 Å². The van der Waals surface area contributed by atoms with Crippen LogP contribution in [0.15, 0.2) is 18.2 Å². The Bertz CT molecular complexity index is 736. The SMILES string of the molecule is O=C1NCCCc2[nH]c(-c3cc(F)cc(C(F)(F)F)c3)nc21. The van der Waals surface area contributed by atoms with Crippen molar-refractivity contribution in [2.75, 3.05) is 6.54 Å². The predicted octanol–water partition coefficient (Wildman–Crippen LogP) is 2.91. The van der Waals surface area contributed by atoms with Gasteiger partial charge in [0.25, 0.3) is 5.91 Å². The molecule has 4 nitrogen and oxygen atoms in total. The summed E-state index contributed by atoms with van der Waals surface area (Å²) in [7, 11) is 0. The molecule has 0 saturated heterocycles. The quantitative estimate of drug-likeness (QED) is 0.795. The number of benzene rings is 1. The Balaban J connectivity index is 2.07. The molecule has 0 radical (unpaired) electrons. The van der Waals surface area contributed by atoms with Crippen LogP contribution in [-0.4, -0.2) is 22.4 Å². The molecule has 2 aromatic rings. The maximum atomic E-state index is 13.4. The third kappa shape index (κ3) is 2.68. The van der Waals surface area contributed by atoms with Crippen molar-refractivity contribution in [3.05, 3.63) is 41.0 Å². The van der Waals surface area contributed by atoms with Gasteiger partial charge in [0, 0.05) is 17.8 Å². The number of carbonyl (C=O) groups is 1. The Hall–Kier alpha value is -2.38. The minimum Gasteiger partial charge on any atom is -0.351 e. The smallest absolute Gasteiger partial charge is 0.351 e. The zero-order valence-electron chi connectivity index (χ0n) is 11.2. The van der Waals surface area contributed by atoms with Gasteiger partial charge in [0.2, 0.25) is 0 Å². The lowest BCUT2D eigenvalue weighted by atomic mass is 10.1. The summed E-state index contributed by atoms with van der Waals surface area (Å²) >= 11 is 0. The molecule has 22 heavy (non-hydrogen) atoms. The normalized spacial score (nSPS) is 15.2. The predicted molar refractivity (Wildman–Crippen MR) is 69.6 cm³/mol. The second-order valence-electron chi connectivity index (χ2n) is 5.00. The summed E-state index contributed by atoms with van der Waals surface area (Å²) in [5.74, 6) is -1.35. The molecule has 1 aliphatic rings. The van der Waals surface area contributed by atoms with Crippen LogP contribution in [0.5, 0.6) is 0 Å². The lowest BCUT2D eigenvalue weighted by Crippen LogP contribution is -2.23. The first-order valence-corrected chi connectivity index (χ1v) is 6.60. The Kier molecular flexibility index (Phi) is 3.38. The number of rotatable bonds is 1. The first-order chi connectivity index (χ1) is 10.3. The number of aromatic amines is 1. The summed E-state index contributed by atoms with van der Waals surface area (Å²) in [4.78, 5) is 18.6. The van der Waals surface area contributed by atoms with Crippen LogP contribution in [0.4, 0.5) is 17.6 Å². The van der Waals surface area contributed by atoms with Crippen LogP contribution in [0.25, 0.3) is 11.4 Å². The lowest BCUT2D eigenvalue weighted by molar-refractivity contribution is -0.137. The summed E-state index contributed by atoms with van der Waals surface area (Å²) in [6.07, 6.45) is -3.42. The summed E-state index contributed by atoms with van der Waals surface area (Å²) in [5, 5.41) is 2.64. The van der Waals surface area contributed by atoms with Gasteiger partial charge in [0.15, 0.2) is 0 Å². The number of aromatic nitrogens is 2. The zero-order valence-corrected chi connectivity index (χ0v) is 11.2. The van der Waals surface area contributed by atoms with Crippen molar-refractivity contribution in [3.8, 4) is 11.4 Å². The van der Waals surface area contributed by atoms with Crippen molar-refractivity contribution in [1.29, 1.82) is 0 Å². The molecule has 0 spiro atoms. The number of imidazole rings is 1. The molecule has 2 N–H and O–H groups in total. The number of nitrogens with zero attached hydrogens (tertiary/aromatic N) is 1. The van der Waals surface area contributed by atoms with Gasteiger partial charge in [-0.1, -0.05) is 0 Å². The van der Waals surface area contributed by atoms with Crippen molar-refractivity contribution < 1.29 is 22.4 Å². The van der Waals surface area contributed by atoms with E-state index in [9.17, 15) is 22.4 Å². The van der Waals surface area contributed by atoms with Gasteiger partial charge >= 0.3 is 6.18 Å². The Labute approximate surface area is 122 Å². The maximum Gasteiger partial charge on any atom is 0.416 e. The van der Waals surface area contributed by atoms with Gasteiger partial charge in [-0.15, -0.1) is 0 Å². The minimum atomic E-state index is -4.65. The van der Waals surface area contributed by atoms with E-state index in [-0.39, 0.29) is 23.0 Å².